The van der Waals surface area contributed by atoms with E-state index in [9.17, 15) is 4.79 Å². The first-order valence-electron chi connectivity index (χ1n) is 8.50. The highest BCUT2D eigenvalue weighted by Crippen LogP contribution is 2.29. The number of pyridine rings is 1. The third-order valence-corrected chi connectivity index (χ3v) is 5.14. The highest BCUT2D eigenvalue weighted by atomic mass is 35.5. The van der Waals surface area contributed by atoms with Gasteiger partial charge >= 0.3 is 5.69 Å². The molecule has 0 spiro atoms. The van der Waals surface area contributed by atoms with Crippen LogP contribution in [-0.4, -0.2) is 42.6 Å². The highest BCUT2D eigenvalue weighted by Gasteiger charge is 2.26. The lowest BCUT2D eigenvalue weighted by molar-refractivity contribution is 0.404. The number of aromatic nitrogens is 6. The summed E-state index contributed by atoms with van der Waals surface area (Å²) in [4.78, 5) is 33.5. The number of nitrogens with zero attached hydrogens (tertiary/aromatic N) is 5. The quantitative estimate of drug-likeness (QED) is 0.529. The van der Waals surface area contributed by atoms with Crippen molar-refractivity contribution >= 4 is 39.5 Å². The average Bonchev–Trinajstić information content (AvgIpc) is 3.25. The molecular weight excluding hydrogens is 354 g/mol. The lowest BCUT2D eigenvalue weighted by atomic mass is 10.1. The van der Waals surface area contributed by atoms with Gasteiger partial charge < -0.3 is 14.9 Å². The zero-order chi connectivity index (χ0) is 17.7. The van der Waals surface area contributed by atoms with Crippen LogP contribution in [0.2, 0.25) is 5.28 Å². The largest absolute Gasteiger partial charge is 0.354 e. The van der Waals surface area contributed by atoms with Crippen LogP contribution in [0.15, 0.2) is 35.5 Å². The Morgan fingerprint density at radius 2 is 2.19 bits per heavy atom. The lowest BCUT2D eigenvalue weighted by Crippen LogP contribution is -2.39. The molecule has 4 aromatic heterocycles. The molecule has 0 saturated carbocycles. The van der Waals surface area contributed by atoms with Crippen LogP contribution in [0.5, 0.6) is 0 Å². The number of fused-ring (bicyclic) bond motifs is 3. The van der Waals surface area contributed by atoms with E-state index in [1.165, 1.54) is 0 Å². The maximum absolute atomic E-state index is 12.7. The Balaban J connectivity index is 1.60. The Morgan fingerprint density at radius 3 is 3.08 bits per heavy atom. The van der Waals surface area contributed by atoms with Crippen LogP contribution in [0.1, 0.15) is 18.9 Å². The van der Waals surface area contributed by atoms with Gasteiger partial charge in [0.25, 0.3) is 0 Å². The van der Waals surface area contributed by atoms with Gasteiger partial charge in [-0.25, -0.2) is 19.7 Å². The minimum absolute atomic E-state index is 0.0410. The molecule has 9 heteroatoms. The van der Waals surface area contributed by atoms with Crippen LogP contribution >= 0.6 is 11.6 Å². The molecule has 4 aromatic rings. The first kappa shape index (κ1) is 15.4. The van der Waals surface area contributed by atoms with Crippen molar-refractivity contribution in [1.82, 2.24) is 29.5 Å². The summed E-state index contributed by atoms with van der Waals surface area (Å²) in [6.07, 6.45) is 7.09. The minimum atomic E-state index is -0.108. The standard InChI is InChI=1S/C17H16ClN7O/c18-16-20-6-4-13(23-16)24-7-1-2-10(9-24)25-14-11-3-5-19-15(11)21-8-12(14)22-17(25)26/h3-6,8,10H,1-2,7,9H2,(H,19,21)(H,22,26)/t10-/m1/s1. The smallest absolute Gasteiger partial charge is 0.326 e. The molecule has 0 bridgehead atoms. The van der Waals surface area contributed by atoms with Gasteiger partial charge in [0.2, 0.25) is 5.28 Å². The van der Waals surface area contributed by atoms with Gasteiger partial charge in [0.15, 0.2) is 0 Å². The molecule has 2 N–H and O–H groups in total. The van der Waals surface area contributed by atoms with Gasteiger partial charge in [0.05, 0.1) is 23.3 Å². The summed E-state index contributed by atoms with van der Waals surface area (Å²) < 4.78 is 1.86. The Labute approximate surface area is 152 Å². The van der Waals surface area contributed by atoms with E-state index in [0.717, 1.165) is 47.3 Å². The number of hydrogen-bond acceptors (Lipinski definition) is 5. The summed E-state index contributed by atoms with van der Waals surface area (Å²) in [6.45, 7) is 1.57. The molecule has 1 atom stereocenters. The van der Waals surface area contributed by atoms with E-state index in [1.807, 2.05) is 22.9 Å². The van der Waals surface area contributed by atoms with Gasteiger partial charge in [-0.05, 0) is 36.6 Å². The van der Waals surface area contributed by atoms with Crippen molar-refractivity contribution in [3.8, 4) is 0 Å². The molecule has 0 amide bonds. The fraction of sp³-hybridized carbons (Fsp3) is 0.294. The maximum atomic E-state index is 12.7. The van der Waals surface area contributed by atoms with Crippen molar-refractivity contribution in [2.75, 3.05) is 18.0 Å². The molecule has 0 radical (unpaired) electrons. The molecule has 1 saturated heterocycles. The van der Waals surface area contributed by atoms with E-state index >= 15 is 0 Å². The molecule has 1 fully saturated rings. The van der Waals surface area contributed by atoms with Gasteiger partial charge in [0, 0.05) is 30.9 Å². The van der Waals surface area contributed by atoms with Crippen molar-refractivity contribution in [1.29, 1.82) is 0 Å². The Morgan fingerprint density at radius 1 is 1.27 bits per heavy atom. The topological polar surface area (TPSA) is 95.5 Å². The van der Waals surface area contributed by atoms with Crippen molar-refractivity contribution < 1.29 is 0 Å². The zero-order valence-electron chi connectivity index (χ0n) is 13.8. The van der Waals surface area contributed by atoms with Crippen LogP contribution in [0.3, 0.4) is 0 Å². The highest BCUT2D eigenvalue weighted by molar-refractivity contribution is 6.28. The minimum Gasteiger partial charge on any atom is -0.354 e. The third kappa shape index (κ3) is 2.37. The van der Waals surface area contributed by atoms with Gasteiger partial charge in [-0.2, -0.15) is 0 Å². The average molecular weight is 370 g/mol. The SMILES string of the molecule is O=c1[nH]c2cnc3[nH]ccc3c2n1[C@@H]1CCCN(c2ccnc(Cl)n2)C1. The maximum Gasteiger partial charge on any atom is 0.326 e. The van der Waals surface area contributed by atoms with Crippen LogP contribution in [-0.2, 0) is 0 Å². The molecule has 0 aromatic carbocycles. The Hall–Kier alpha value is -2.87. The number of piperidine rings is 1. The fourth-order valence-corrected chi connectivity index (χ4v) is 3.99. The van der Waals surface area contributed by atoms with E-state index in [2.05, 4.69) is 29.8 Å². The molecule has 26 heavy (non-hydrogen) atoms. The van der Waals surface area contributed by atoms with Crippen LogP contribution in [0.4, 0.5) is 5.82 Å². The molecule has 1 aliphatic rings. The number of anilines is 1. The van der Waals surface area contributed by atoms with Crippen molar-refractivity contribution in [3.05, 3.63) is 46.5 Å². The molecule has 132 valence electrons. The summed E-state index contributed by atoms with van der Waals surface area (Å²) in [5.74, 6) is 0.788. The Bertz CT molecular complexity index is 1160. The summed E-state index contributed by atoms with van der Waals surface area (Å²) in [6, 6.07) is 3.85. The summed E-state index contributed by atoms with van der Waals surface area (Å²) in [7, 11) is 0. The number of nitrogens with one attached hydrogen (secondary N) is 2. The summed E-state index contributed by atoms with van der Waals surface area (Å²) in [5.41, 5.74) is 2.32. The van der Waals surface area contributed by atoms with Crippen molar-refractivity contribution in [2.24, 2.45) is 0 Å². The molecule has 8 nitrogen and oxygen atoms in total. The van der Waals surface area contributed by atoms with Gasteiger partial charge in [0.1, 0.15) is 11.5 Å². The Kier molecular flexibility index (Phi) is 3.46. The van der Waals surface area contributed by atoms with Gasteiger partial charge in [-0.1, -0.05) is 0 Å². The molecule has 5 rings (SSSR count). The summed E-state index contributed by atoms with van der Waals surface area (Å²) in [5, 5.41) is 1.18. The van der Waals surface area contributed by atoms with Crippen LogP contribution < -0.4 is 10.6 Å². The number of halogens is 1. The number of H-pyrrole nitrogens is 2. The van der Waals surface area contributed by atoms with E-state index in [-0.39, 0.29) is 17.0 Å². The molecule has 0 aliphatic carbocycles. The van der Waals surface area contributed by atoms with Crippen molar-refractivity contribution in [2.45, 2.75) is 18.9 Å². The van der Waals surface area contributed by atoms with E-state index in [4.69, 9.17) is 11.6 Å². The lowest BCUT2D eigenvalue weighted by Gasteiger charge is -2.34. The molecular formula is C17H16ClN7O. The number of rotatable bonds is 2. The first-order chi connectivity index (χ1) is 12.7. The second kappa shape index (κ2) is 5.84. The van der Waals surface area contributed by atoms with Crippen LogP contribution in [0.25, 0.3) is 22.1 Å². The van der Waals surface area contributed by atoms with Gasteiger partial charge in [-0.15, -0.1) is 0 Å². The predicted octanol–water partition coefficient (Wildman–Crippen LogP) is 2.49. The third-order valence-electron chi connectivity index (χ3n) is 4.96. The van der Waals surface area contributed by atoms with E-state index in [0.29, 0.717) is 6.54 Å². The van der Waals surface area contributed by atoms with E-state index in [1.54, 1.807) is 12.4 Å². The number of hydrogen-bond donors (Lipinski definition) is 2. The molecule has 0 unspecified atom stereocenters. The van der Waals surface area contributed by atoms with Gasteiger partial charge in [-0.3, -0.25) is 4.57 Å². The number of imidazole rings is 1. The fourth-order valence-electron chi connectivity index (χ4n) is 3.85. The monoisotopic (exact) mass is 369 g/mol. The van der Waals surface area contributed by atoms with Crippen molar-refractivity contribution in [3.63, 3.8) is 0 Å². The summed E-state index contributed by atoms with van der Waals surface area (Å²) >= 11 is 5.94. The molecule has 1 aliphatic heterocycles. The van der Waals surface area contributed by atoms with Crippen LogP contribution in [0, 0.1) is 0 Å². The normalized spacial score (nSPS) is 18.0. The van der Waals surface area contributed by atoms with E-state index < -0.39 is 0 Å². The molecule has 5 heterocycles. The second-order valence-electron chi connectivity index (χ2n) is 6.49. The second-order valence-corrected chi connectivity index (χ2v) is 6.82. The first-order valence-corrected chi connectivity index (χ1v) is 8.88. The predicted molar refractivity (Wildman–Crippen MR) is 99.7 cm³/mol. The number of aromatic amines is 2. The zero-order valence-corrected chi connectivity index (χ0v) is 14.6.